The second-order valence-electron chi connectivity index (χ2n) is 5.36. The standard InChI is InChI=1S/C14H17NO3/c1-14(2,3)11(13(17)18)12(16)10-6-4-9(8-15)5-7-10/h4-7,11-12,16H,1-3H3,(H,17,18). The summed E-state index contributed by atoms with van der Waals surface area (Å²) in [7, 11) is 0. The van der Waals surface area contributed by atoms with Crippen molar-refractivity contribution in [2.45, 2.75) is 26.9 Å². The number of carbonyl (C=O) groups is 1. The predicted octanol–water partition coefficient (Wildman–Crippen LogP) is 2.34. The number of aliphatic carboxylic acids is 1. The molecule has 2 unspecified atom stereocenters. The number of rotatable bonds is 3. The Morgan fingerprint density at radius 3 is 2.11 bits per heavy atom. The van der Waals surface area contributed by atoms with E-state index in [0.717, 1.165) is 0 Å². The molecule has 0 aliphatic carbocycles. The molecule has 0 amide bonds. The summed E-state index contributed by atoms with van der Waals surface area (Å²) in [5.41, 5.74) is 0.434. The van der Waals surface area contributed by atoms with E-state index >= 15 is 0 Å². The average molecular weight is 247 g/mol. The highest BCUT2D eigenvalue weighted by atomic mass is 16.4. The Morgan fingerprint density at radius 2 is 1.78 bits per heavy atom. The molecule has 1 aromatic carbocycles. The van der Waals surface area contributed by atoms with Gasteiger partial charge in [-0.15, -0.1) is 0 Å². The molecule has 18 heavy (non-hydrogen) atoms. The normalized spacial score (nSPS) is 14.6. The van der Waals surface area contributed by atoms with Crippen LogP contribution in [0.5, 0.6) is 0 Å². The van der Waals surface area contributed by atoms with Gasteiger partial charge in [-0.2, -0.15) is 5.26 Å². The molecule has 0 spiro atoms. The van der Waals surface area contributed by atoms with Gasteiger partial charge >= 0.3 is 5.97 Å². The second kappa shape index (κ2) is 5.19. The first-order valence-corrected chi connectivity index (χ1v) is 5.68. The van der Waals surface area contributed by atoms with Crippen LogP contribution in [0, 0.1) is 22.7 Å². The van der Waals surface area contributed by atoms with Gasteiger partial charge in [0, 0.05) is 0 Å². The first-order valence-electron chi connectivity index (χ1n) is 5.68. The Hall–Kier alpha value is -1.86. The number of carboxylic acids is 1. The summed E-state index contributed by atoms with van der Waals surface area (Å²) in [5.74, 6) is -1.93. The SMILES string of the molecule is CC(C)(C)C(C(=O)O)C(O)c1ccc(C#N)cc1. The van der Waals surface area contributed by atoms with Gasteiger partial charge in [-0.05, 0) is 23.1 Å². The third-order valence-electron chi connectivity index (χ3n) is 2.90. The molecule has 0 aromatic heterocycles. The van der Waals surface area contributed by atoms with Crippen molar-refractivity contribution in [1.82, 2.24) is 0 Å². The summed E-state index contributed by atoms with van der Waals surface area (Å²) in [6, 6.07) is 8.29. The van der Waals surface area contributed by atoms with E-state index in [2.05, 4.69) is 0 Å². The van der Waals surface area contributed by atoms with Crippen LogP contribution in [0.2, 0.25) is 0 Å². The maximum absolute atomic E-state index is 11.3. The summed E-state index contributed by atoms with van der Waals surface area (Å²) in [4.78, 5) is 11.3. The van der Waals surface area contributed by atoms with Crippen LogP contribution in [-0.4, -0.2) is 16.2 Å². The van der Waals surface area contributed by atoms with E-state index in [-0.39, 0.29) is 0 Å². The van der Waals surface area contributed by atoms with Crippen molar-refractivity contribution < 1.29 is 15.0 Å². The van der Waals surface area contributed by atoms with Gasteiger partial charge in [0.05, 0.1) is 23.7 Å². The van der Waals surface area contributed by atoms with Crippen molar-refractivity contribution >= 4 is 5.97 Å². The molecule has 0 saturated carbocycles. The minimum Gasteiger partial charge on any atom is -0.481 e. The van der Waals surface area contributed by atoms with Gasteiger partial charge in [-0.1, -0.05) is 32.9 Å². The van der Waals surface area contributed by atoms with E-state index in [1.54, 1.807) is 45.0 Å². The maximum atomic E-state index is 11.3. The molecule has 2 N–H and O–H groups in total. The lowest BCUT2D eigenvalue weighted by Gasteiger charge is -2.31. The van der Waals surface area contributed by atoms with Crippen LogP contribution in [0.4, 0.5) is 0 Å². The van der Waals surface area contributed by atoms with Crippen molar-refractivity contribution in [3.8, 4) is 6.07 Å². The number of hydrogen-bond acceptors (Lipinski definition) is 3. The quantitative estimate of drug-likeness (QED) is 0.859. The van der Waals surface area contributed by atoms with Gasteiger partial charge in [0.25, 0.3) is 0 Å². The summed E-state index contributed by atoms with van der Waals surface area (Å²) in [6.07, 6.45) is -1.09. The molecule has 0 aliphatic rings. The van der Waals surface area contributed by atoms with Gasteiger partial charge in [-0.3, -0.25) is 4.79 Å². The van der Waals surface area contributed by atoms with Crippen LogP contribution < -0.4 is 0 Å². The number of benzene rings is 1. The van der Waals surface area contributed by atoms with Gasteiger partial charge in [0.1, 0.15) is 0 Å². The van der Waals surface area contributed by atoms with E-state index in [4.69, 9.17) is 5.26 Å². The van der Waals surface area contributed by atoms with Crippen LogP contribution in [0.1, 0.15) is 38.0 Å². The lowest BCUT2D eigenvalue weighted by atomic mass is 9.75. The number of aliphatic hydroxyl groups excluding tert-OH is 1. The monoisotopic (exact) mass is 247 g/mol. The minimum absolute atomic E-state index is 0.480. The molecule has 1 rings (SSSR count). The Bertz CT molecular complexity index is 465. The zero-order valence-corrected chi connectivity index (χ0v) is 10.7. The minimum atomic E-state index is -1.09. The van der Waals surface area contributed by atoms with Crippen molar-refractivity contribution in [2.24, 2.45) is 11.3 Å². The number of hydrogen-bond donors (Lipinski definition) is 2. The van der Waals surface area contributed by atoms with Crippen LogP contribution in [0.15, 0.2) is 24.3 Å². The molecule has 96 valence electrons. The van der Waals surface area contributed by atoms with Crippen molar-refractivity contribution in [2.75, 3.05) is 0 Å². The summed E-state index contributed by atoms with van der Waals surface area (Å²) in [6.45, 7) is 5.33. The molecule has 2 atom stereocenters. The molecule has 0 bridgehead atoms. The highest BCUT2D eigenvalue weighted by Crippen LogP contribution is 2.36. The number of aliphatic hydroxyl groups is 1. The van der Waals surface area contributed by atoms with Crippen LogP contribution in [0.25, 0.3) is 0 Å². The Kier molecular flexibility index (Phi) is 4.10. The summed E-state index contributed by atoms with van der Waals surface area (Å²) < 4.78 is 0. The third-order valence-corrected chi connectivity index (χ3v) is 2.90. The average Bonchev–Trinajstić information content (AvgIpc) is 2.26. The molecular formula is C14H17NO3. The number of carboxylic acid groups (broad SMARTS) is 1. The Balaban J connectivity index is 3.07. The molecule has 0 fully saturated rings. The van der Waals surface area contributed by atoms with E-state index < -0.39 is 23.4 Å². The largest absolute Gasteiger partial charge is 0.481 e. The summed E-state index contributed by atoms with van der Waals surface area (Å²) >= 11 is 0. The van der Waals surface area contributed by atoms with Gasteiger partial charge in [0.2, 0.25) is 0 Å². The highest BCUT2D eigenvalue weighted by Gasteiger charge is 2.37. The van der Waals surface area contributed by atoms with Crippen LogP contribution >= 0.6 is 0 Å². The van der Waals surface area contributed by atoms with Crippen molar-refractivity contribution in [1.29, 1.82) is 5.26 Å². The maximum Gasteiger partial charge on any atom is 0.310 e. The lowest BCUT2D eigenvalue weighted by Crippen LogP contribution is -2.33. The fourth-order valence-corrected chi connectivity index (χ4v) is 1.93. The fraction of sp³-hybridized carbons (Fsp3) is 0.429. The van der Waals surface area contributed by atoms with E-state index in [9.17, 15) is 15.0 Å². The second-order valence-corrected chi connectivity index (χ2v) is 5.36. The molecule has 0 radical (unpaired) electrons. The fourth-order valence-electron chi connectivity index (χ4n) is 1.93. The zero-order valence-electron chi connectivity index (χ0n) is 10.7. The van der Waals surface area contributed by atoms with E-state index in [1.807, 2.05) is 6.07 Å². The molecular weight excluding hydrogens is 230 g/mol. The smallest absolute Gasteiger partial charge is 0.310 e. The van der Waals surface area contributed by atoms with E-state index in [1.165, 1.54) is 0 Å². The topological polar surface area (TPSA) is 81.3 Å². The highest BCUT2D eigenvalue weighted by molar-refractivity contribution is 5.72. The van der Waals surface area contributed by atoms with Crippen LogP contribution in [0.3, 0.4) is 0 Å². The number of nitriles is 1. The van der Waals surface area contributed by atoms with Gasteiger partial charge < -0.3 is 10.2 Å². The van der Waals surface area contributed by atoms with Gasteiger partial charge in [0.15, 0.2) is 0 Å². The first kappa shape index (κ1) is 14.2. The van der Waals surface area contributed by atoms with Crippen molar-refractivity contribution in [3.63, 3.8) is 0 Å². The van der Waals surface area contributed by atoms with E-state index in [0.29, 0.717) is 11.1 Å². The molecule has 0 aliphatic heterocycles. The Morgan fingerprint density at radius 1 is 1.28 bits per heavy atom. The third kappa shape index (κ3) is 3.08. The zero-order chi connectivity index (χ0) is 13.9. The predicted molar refractivity (Wildman–Crippen MR) is 66.7 cm³/mol. The molecule has 4 heteroatoms. The first-order chi connectivity index (χ1) is 8.27. The Labute approximate surface area is 106 Å². The lowest BCUT2D eigenvalue weighted by molar-refractivity contribution is -0.151. The van der Waals surface area contributed by atoms with Crippen LogP contribution in [-0.2, 0) is 4.79 Å². The number of nitrogens with zero attached hydrogens (tertiary/aromatic N) is 1. The molecule has 0 saturated heterocycles. The van der Waals surface area contributed by atoms with Crippen molar-refractivity contribution in [3.05, 3.63) is 35.4 Å². The molecule has 4 nitrogen and oxygen atoms in total. The molecule has 1 aromatic rings. The van der Waals surface area contributed by atoms with Gasteiger partial charge in [-0.25, -0.2) is 0 Å². The summed E-state index contributed by atoms with van der Waals surface area (Å²) in [5, 5.41) is 28.1. The molecule has 0 heterocycles.